The molecule has 45 heavy (non-hydrogen) atoms. The Kier molecular flexibility index (Phi) is 12.6. The molecule has 20 heteroatoms. The van der Waals surface area contributed by atoms with E-state index in [-0.39, 0.29) is 6.41 Å². The van der Waals surface area contributed by atoms with E-state index in [1.165, 1.54) is 6.92 Å². The molecule has 1 unspecified atom stereocenters. The summed E-state index contributed by atoms with van der Waals surface area (Å²) in [7, 11) is 0. The van der Waals surface area contributed by atoms with Gasteiger partial charge in [-0.3, -0.25) is 14.4 Å². The molecule has 15 atom stereocenters. The number of hydrogen-bond donors (Lipinski definition) is 11. The Labute approximate surface area is 256 Å². The van der Waals surface area contributed by atoms with Crippen molar-refractivity contribution in [3.05, 3.63) is 0 Å². The summed E-state index contributed by atoms with van der Waals surface area (Å²) in [5.41, 5.74) is 0. The minimum atomic E-state index is -2.89. The summed E-state index contributed by atoms with van der Waals surface area (Å²) in [6, 6.07) is -4.62. The first kappa shape index (κ1) is 36.9. The van der Waals surface area contributed by atoms with Crippen molar-refractivity contribution in [1.29, 1.82) is 0 Å². The van der Waals surface area contributed by atoms with Crippen LogP contribution < -0.4 is 16.0 Å². The van der Waals surface area contributed by atoms with Crippen molar-refractivity contribution in [3.63, 3.8) is 0 Å². The zero-order chi connectivity index (χ0) is 33.8. The predicted molar refractivity (Wildman–Crippen MR) is 141 cm³/mol. The standard InChI is InChI=1S/C25H41N3O17/c1-8-17(35)21(16(28-10(3)32)23(42-8)43-13-6-41-22(38)19(37)18(13)36)45-25(24(39)40)4-11(33)15(27-9(2)31)20(44-25)14(26-7-30)12(34)5-29/h7-8,11-23,29,33-38H,4-6H2,1-3H3,(H,26,30)(H,27,31)(H,28,32)(H,39,40)/t8-,11-,12+,13-,14-,15-,16-,17+,18+,19-,20-,21-,22?,23+,25+/m1/s1. The molecule has 3 aliphatic heterocycles. The van der Waals surface area contributed by atoms with Gasteiger partial charge in [0.1, 0.15) is 42.7 Å². The molecule has 3 rings (SSSR count). The summed E-state index contributed by atoms with van der Waals surface area (Å²) < 4.78 is 28.1. The smallest absolute Gasteiger partial charge is 0.364 e. The fraction of sp³-hybridized carbons (Fsp3) is 0.840. The van der Waals surface area contributed by atoms with E-state index in [2.05, 4.69) is 16.0 Å². The lowest BCUT2D eigenvalue weighted by Gasteiger charge is -2.51. The molecule has 3 fully saturated rings. The lowest BCUT2D eigenvalue weighted by Crippen LogP contribution is -2.72. The van der Waals surface area contributed by atoms with Gasteiger partial charge in [0.2, 0.25) is 18.2 Å². The van der Waals surface area contributed by atoms with Crippen molar-refractivity contribution >= 4 is 24.2 Å². The van der Waals surface area contributed by atoms with E-state index in [0.29, 0.717) is 0 Å². The van der Waals surface area contributed by atoms with Crippen LogP contribution in [-0.4, -0.2) is 170 Å². The number of carboxylic acids is 1. The van der Waals surface area contributed by atoms with Crippen LogP contribution in [0.4, 0.5) is 0 Å². The number of aliphatic hydroxyl groups is 7. The molecule has 3 saturated heterocycles. The van der Waals surface area contributed by atoms with Crippen molar-refractivity contribution in [2.75, 3.05) is 13.2 Å². The molecule has 258 valence electrons. The molecule has 3 amide bonds. The third kappa shape index (κ3) is 8.22. The van der Waals surface area contributed by atoms with Gasteiger partial charge in [0.15, 0.2) is 12.6 Å². The van der Waals surface area contributed by atoms with Gasteiger partial charge in [0.25, 0.3) is 5.79 Å². The number of nitrogens with one attached hydrogen (secondary N) is 3. The molecular formula is C25H41N3O17. The van der Waals surface area contributed by atoms with Gasteiger partial charge in [0.05, 0.1) is 43.6 Å². The first-order valence-electron chi connectivity index (χ1n) is 14.0. The van der Waals surface area contributed by atoms with Crippen LogP contribution in [0.25, 0.3) is 0 Å². The molecule has 0 aliphatic carbocycles. The fourth-order valence-corrected chi connectivity index (χ4v) is 5.50. The van der Waals surface area contributed by atoms with Crippen molar-refractivity contribution < 1.29 is 83.7 Å². The van der Waals surface area contributed by atoms with E-state index in [1.807, 2.05) is 0 Å². The predicted octanol–water partition coefficient (Wildman–Crippen LogP) is -6.66. The lowest BCUT2D eigenvalue weighted by molar-refractivity contribution is -0.358. The highest BCUT2D eigenvalue weighted by molar-refractivity contribution is 5.77. The molecule has 0 aromatic heterocycles. The maximum Gasteiger partial charge on any atom is 0.364 e. The van der Waals surface area contributed by atoms with E-state index < -0.39 is 129 Å². The highest BCUT2D eigenvalue weighted by Crippen LogP contribution is 2.38. The van der Waals surface area contributed by atoms with Gasteiger partial charge >= 0.3 is 5.97 Å². The first-order valence-corrected chi connectivity index (χ1v) is 14.0. The molecule has 3 aliphatic rings. The quantitative estimate of drug-likeness (QED) is 0.0870. The minimum Gasteiger partial charge on any atom is -0.477 e. The highest BCUT2D eigenvalue weighted by Gasteiger charge is 2.60. The number of aliphatic carboxylic acids is 1. The lowest BCUT2D eigenvalue weighted by atomic mass is 9.86. The Morgan fingerprint density at radius 1 is 1.02 bits per heavy atom. The molecule has 0 aromatic carbocycles. The number of carbonyl (C=O) groups is 4. The van der Waals surface area contributed by atoms with Crippen molar-refractivity contribution in [1.82, 2.24) is 16.0 Å². The van der Waals surface area contributed by atoms with Crippen LogP contribution in [0.1, 0.15) is 27.2 Å². The molecule has 0 saturated carbocycles. The van der Waals surface area contributed by atoms with E-state index in [0.717, 1.165) is 13.8 Å². The monoisotopic (exact) mass is 655 g/mol. The van der Waals surface area contributed by atoms with Gasteiger partial charge in [-0.15, -0.1) is 0 Å². The number of carboxylic acid groups (broad SMARTS) is 1. The average Bonchev–Trinajstić information content (AvgIpc) is 2.96. The molecule has 0 bridgehead atoms. The number of rotatable bonds is 12. The maximum absolute atomic E-state index is 12.8. The van der Waals surface area contributed by atoms with Gasteiger partial charge in [-0.1, -0.05) is 0 Å². The number of amides is 3. The fourth-order valence-electron chi connectivity index (χ4n) is 5.50. The molecule has 3 heterocycles. The third-order valence-corrected chi connectivity index (χ3v) is 7.76. The van der Waals surface area contributed by atoms with Gasteiger partial charge < -0.3 is 80.5 Å². The SMILES string of the molecule is CC(=O)N[C@H]1[C@H](O[C@@H]2COC(O)[C@H](O)[C@H]2O)O[C@H](C)[C@H](O)[C@@H]1O[C@]1(C(=O)O)C[C@@H](O)[C@@H](NC(C)=O)[C@@H]([C@H](NC=O)[C@@H](O)CO)O1. The van der Waals surface area contributed by atoms with Crippen LogP contribution in [0, 0.1) is 0 Å². The third-order valence-electron chi connectivity index (χ3n) is 7.76. The van der Waals surface area contributed by atoms with Crippen LogP contribution in [0.2, 0.25) is 0 Å². The molecule has 20 nitrogen and oxygen atoms in total. The number of aliphatic hydroxyl groups excluding tert-OH is 7. The summed E-state index contributed by atoms with van der Waals surface area (Å²) in [4.78, 5) is 48.4. The Morgan fingerprint density at radius 2 is 1.64 bits per heavy atom. The molecule has 11 N–H and O–H groups in total. The van der Waals surface area contributed by atoms with Crippen molar-refractivity contribution in [2.45, 2.75) is 119 Å². The summed E-state index contributed by atoms with van der Waals surface area (Å²) in [5.74, 6) is -6.20. The van der Waals surface area contributed by atoms with Gasteiger partial charge in [-0.05, 0) is 6.92 Å². The van der Waals surface area contributed by atoms with E-state index in [4.69, 9.17) is 23.7 Å². The second kappa shape index (κ2) is 15.3. The summed E-state index contributed by atoms with van der Waals surface area (Å²) in [6.45, 7) is 2.08. The second-order valence-corrected chi connectivity index (χ2v) is 11.1. The zero-order valence-corrected chi connectivity index (χ0v) is 24.5. The van der Waals surface area contributed by atoms with E-state index in [1.54, 1.807) is 0 Å². The van der Waals surface area contributed by atoms with Gasteiger partial charge in [-0.2, -0.15) is 0 Å². The van der Waals surface area contributed by atoms with Crippen molar-refractivity contribution in [2.24, 2.45) is 0 Å². The second-order valence-electron chi connectivity index (χ2n) is 11.1. The molecular weight excluding hydrogens is 614 g/mol. The number of carbonyl (C=O) groups excluding carboxylic acids is 3. The summed E-state index contributed by atoms with van der Waals surface area (Å²) >= 11 is 0. The Balaban J connectivity index is 2.03. The van der Waals surface area contributed by atoms with Gasteiger partial charge in [0, 0.05) is 20.3 Å². The van der Waals surface area contributed by atoms with Crippen LogP contribution in [-0.2, 0) is 42.9 Å². The molecule has 0 spiro atoms. The van der Waals surface area contributed by atoms with Crippen LogP contribution in [0.15, 0.2) is 0 Å². The highest BCUT2D eigenvalue weighted by atomic mass is 16.7. The summed E-state index contributed by atoms with van der Waals surface area (Å²) in [5, 5.41) is 89.6. The average molecular weight is 656 g/mol. The van der Waals surface area contributed by atoms with Crippen LogP contribution in [0.3, 0.4) is 0 Å². The topological polar surface area (TPSA) is 312 Å². The number of hydrogen-bond acceptors (Lipinski definition) is 16. The van der Waals surface area contributed by atoms with E-state index >= 15 is 0 Å². The molecule has 0 radical (unpaired) electrons. The van der Waals surface area contributed by atoms with Crippen molar-refractivity contribution in [3.8, 4) is 0 Å². The molecule has 0 aromatic rings. The summed E-state index contributed by atoms with van der Waals surface area (Å²) in [6.07, 6.45) is -19.0. The first-order chi connectivity index (χ1) is 21.1. The normalized spacial score (nSPS) is 41.7. The maximum atomic E-state index is 12.8. The Bertz CT molecular complexity index is 1050. The Morgan fingerprint density at radius 3 is 2.20 bits per heavy atom. The van der Waals surface area contributed by atoms with Crippen LogP contribution in [0.5, 0.6) is 0 Å². The van der Waals surface area contributed by atoms with Gasteiger partial charge in [-0.25, -0.2) is 4.79 Å². The zero-order valence-electron chi connectivity index (χ0n) is 24.5. The van der Waals surface area contributed by atoms with Crippen LogP contribution >= 0.6 is 0 Å². The van der Waals surface area contributed by atoms with E-state index in [9.17, 15) is 60.0 Å². The minimum absolute atomic E-state index is 0.111. The number of ether oxygens (including phenoxy) is 5. The largest absolute Gasteiger partial charge is 0.477 e. The Hall–Kier alpha value is -2.60.